The third kappa shape index (κ3) is 2.27. The van der Waals surface area contributed by atoms with E-state index in [0.717, 1.165) is 25.9 Å². The Hall–Kier alpha value is -1.56. The Morgan fingerprint density at radius 3 is 2.87 bits per heavy atom. The molecule has 15 heavy (non-hydrogen) atoms. The van der Waals surface area contributed by atoms with E-state index in [1.54, 1.807) is 0 Å². The summed E-state index contributed by atoms with van der Waals surface area (Å²) in [5.41, 5.74) is 8.51. The number of rotatable bonds is 2. The topological polar surface area (TPSA) is 87.0 Å². The second-order valence-electron chi connectivity index (χ2n) is 3.65. The molecule has 1 aromatic rings. The first-order valence-electron chi connectivity index (χ1n) is 5.12. The Morgan fingerprint density at radius 2 is 2.13 bits per heavy atom. The normalized spacial score (nSPS) is 17.6. The highest BCUT2D eigenvalue weighted by molar-refractivity contribution is 5.58. The van der Waals surface area contributed by atoms with Crippen LogP contribution >= 0.6 is 0 Å². The maximum atomic E-state index is 11.2. The third-order valence-electron chi connectivity index (χ3n) is 2.51. The molecule has 1 aliphatic heterocycles. The van der Waals surface area contributed by atoms with E-state index < -0.39 is 0 Å². The SMILES string of the molecule is Nc1c(NN2CCCCC2)nc[nH]c1=O. The Balaban J connectivity index is 2.09. The van der Waals surface area contributed by atoms with Gasteiger partial charge in [0.15, 0.2) is 5.82 Å². The molecule has 0 aliphatic carbocycles. The molecule has 1 saturated heterocycles. The summed E-state index contributed by atoms with van der Waals surface area (Å²) in [6, 6.07) is 0. The van der Waals surface area contributed by atoms with Crippen molar-refractivity contribution in [3.8, 4) is 0 Å². The Morgan fingerprint density at radius 1 is 1.40 bits per heavy atom. The predicted octanol–water partition coefficient (Wildman–Crippen LogP) is 0.165. The molecule has 1 aromatic heterocycles. The van der Waals surface area contributed by atoms with E-state index in [9.17, 15) is 4.79 Å². The number of hydrazine groups is 1. The molecule has 82 valence electrons. The average molecular weight is 209 g/mol. The molecular weight excluding hydrogens is 194 g/mol. The lowest BCUT2D eigenvalue weighted by molar-refractivity contribution is 0.272. The molecular formula is C9H15N5O. The van der Waals surface area contributed by atoms with Crippen LogP contribution in [0.1, 0.15) is 19.3 Å². The van der Waals surface area contributed by atoms with Gasteiger partial charge in [-0.2, -0.15) is 0 Å². The number of aromatic nitrogens is 2. The number of nitrogens with zero attached hydrogens (tertiary/aromatic N) is 2. The van der Waals surface area contributed by atoms with Crippen LogP contribution < -0.4 is 16.7 Å². The number of piperidine rings is 1. The van der Waals surface area contributed by atoms with Gasteiger partial charge in [-0.1, -0.05) is 6.42 Å². The molecule has 0 amide bonds. The van der Waals surface area contributed by atoms with Crippen molar-refractivity contribution in [1.29, 1.82) is 0 Å². The smallest absolute Gasteiger partial charge is 0.276 e. The second kappa shape index (κ2) is 4.31. The summed E-state index contributed by atoms with van der Waals surface area (Å²) in [4.78, 5) is 17.6. The summed E-state index contributed by atoms with van der Waals surface area (Å²) in [5.74, 6) is 0.445. The molecule has 1 aliphatic rings. The zero-order chi connectivity index (χ0) is 10.7. The van der Waals surface area contributed by atoms with Crippen molar-refractivity contribution in [2.24, 2.45) is 0 Å². The number of nitrogen functional groups attached to an aromatic ring is 1. The minimum absolute atomic E-state index is 0.142. The van der Waals surface area contributed by atoms with Crippen LogP contribution in [0.2, 0.25) is 0 Å². The number of H-pyrrole nitrogens is 1. The maximum Gasteiger partial charge on any atom is 0.276 e. The highest BCUT2D eigenvalue weighted by Crippen LogP contribution is 2.13. The van der Waals surface area contributed by atoms with Crippen LogP contribution in [-0.4, -0.2) is 28.1 Å². The largest absolute Gasteiger partial charge is 0.391 e. The molecule has 6 heteroatoms. The quantitative estimate of drug-likeness (QED) is 0.646. The summed E-state index contributed by atoms with van der Waals surface area (Å²) < 4.78 is 0. The van der Waals surface area contributed by atoms with Gasteiger partial charge < -0.3 is 16.1 Å². The van der Waals surface area contributed by atoms with Crippen molar-refractivity contribution in [3.63, 3.8) is 0 Å². The summed E-state index contributed by atoms with van der Waals surface area (Å²) >= 11 is 0. The van der Waals surface area contributed by atoms with Gasteiger partial charge in [0.1, 0.15) is 5.69 Å². The van der Waals surface area contributed by atoms with Crippen LogP contribution in [0.3, 0.4) is 0 Å². The van der Waals surface area contributed by atoms with E-state index >= 15 is 0 Å². The fraction of sp³-hybridized carbons (Fsp3) is 0.556. The number of anilines is 2. The van der Waals surface area contributed by atoms with E-state index in [2.05, 4.69) is 15.4 Å². The monoisotopic (exact) mass is 209 g/mol. The molecule has 0 spiro atoms. The van der Waals surface area contributed by atoms with Gasteiger partial charge in [0.05, 0.1) is 6.33 Å². The molecule has 0 bridgehead atoms. The lowest BCUT2D eigenvalue weighted by atomic mass is 10.2. The minimum atomic E-state index is -0.301. The molecule has 4 N–H and O–H groups in total. The zero-order valence-corrected chi connectivity index (χ0v) is 8.49. The van der Waals surface area contributed by atoms with E-state index in [1.165, 1.54) is 12.7 Å². The fourth-order valence-electron chi connectivity index (χ4n) is 1.65. The highest BCUT2D eigenvalue weighted by atomic mass is 16.1. The fourth-order valence-corrected chi connectivity index (χ4v) is 1.65. The van der Waals surface area contributed by atoms with Crippen molar-refractivity contribution in [2.75, 3.05) is 24.2 Å². The average Bonchev–Trinajstić information content (AvgIpc) is 2.26. The molecule has 6 nitrogen and oxygen atoms in total. The van der Waals surface area contributed by atoms with Crippen molar-refractivity contribution >= 4 is 11.5 Å². The van der Waals surface area contributed by atoms with Crippen molar-refractivity contribution in [1.82, 2.24) is 15.0 Å². The second-order valence-corrected chi connectivity index (χ2v) is 3.65. The standard InChI is InChI=1S/C9H15N5O/c10-7-8(11-6-12-9(7)15)13-14-4-2-1-3-5-14/h6H,1-5,10H2,(H2,11,12,13,15). The van der Waals surface area contributed by atoms with Crippen LogP contribution in [0.25, 0.3) is 0 Å². The first kappa shape index (κ1) is 9.97. The van der Waals surface area contributed by atoms with Gasteiger partial charge in [0, 0.05) is 13.1 Å². The number of hydrogen-bond donors (Lipinski definition) is 3. The number of aromatic amines is 1. The van der Waals surface area contributed by atoms with Crippen LogP contribution in [0.5, 0.6) is 0 Å². The zero-order valence-electron chi connectivity index (χ0n) is 8.49. The number of hydrogen-bond acceptors (Lipinski definition) is 5. The van der Waals surface area contributed by atoms with Crippen LogP contribution in [-0.2, 0) is 0 Å². The van der Waals surface area contributed by atoms with E-state index in [1.807, 2.05) is 5.01 Å². The summed E-state index contributed by atoms with van der Waals surface area (Å²) in [6.45, 7) is 1.93. The van der Waals surface area contributed by atoms with Gasteiger partial charge in [0.25, 0.3) is 5.56 Å². The highest BCUT2D eigenvalue weighted by Gasteiger charge is 2.12. The molecule has 1 fully saturated rings. The van der Waals surface area contributed by atoms with Crippen LogP contribution in [0.15, 0.2) is 11.1 Å². The molecule has 0 atom stereocenters. The molecule has 0 saturated carbocycles. The lowest BCUT2D eigenvalue weighted by Gasteiger charge is -2.27. The predicted molar refractivity (Wildman–Crippen MR) is 58.3 cm³/mol. The molecule has 2 rings (SSSR count). The van der Waals surface area contributed by atoms with Gasteiger partial charge in [-0.3, -0.25) is 4.79 Å². The summed E-state index contributed by atoms with van der Waals surface area (Å²) in [6.07, 6.45) is 4.94. The summed E-state index contributed by atoms with van der Waals surface area (Å²) in [7, 11) is 0. The van der Waals surface area contributed by atoms with Gasteiger partial charge >= 0.3 is 0 Å². The number of nitrogens with two attached hydrogens (primary N) is 1. The minimum Gasteiger partial charge on any atom is -0.391 e. The molecule has 0 aromatic carbocycles. The molecule has 0 radical (unpaired) electrons. The first-order valence-corrected chi connectivity index (χ1v) is 5.12. The van der Waals surface area contributed by atoms with Gasteiger partial charge in [-0.05, 0) is 12.8 Å². The van der Waals surface area contributed by atoms with E-state index in [4.69, 9.17) is 5.73 Å². The van der Waals surface area contributed by atoms with Crippen molar-refractivity contribution in [3.05, 3.63) is 16.7 Å². The van der Waals surface area contributed by atoms with E-state index in [0.29, 0.717) is 5.82 Å². The maximum absolute atomic E-state index is 11.2. The Bertz CT molecular complexity index is 382. The van der Waals surface area contributed by atoms with Gasteiger partial charge in [0.2, 0.25) is 0 Å². The molecule has 2 heterocycles. The first-order chi connectivity index (χ1) is 7.27. The third-order valence-corrected chi connectivity index (χ3v) is 2.51. The number of nitrogens with one attached hydrogen (secondary N) is 2. The molecule has 0 unspecified atom stereocenters. The van der Waals surface area contributed by atoms with Crippen LogP contribution in [0, 0.1) is 0 Å². The van der Waals surface area contributed by atoms with Crippen molar-refractivity contribution < 1.29 is 0 Å². The summed E-state index contributed by atoms with van der Waals surface area (Å²) in [5, 5.41) is 2.04. The van der Waals surface area contributed by atoms with Crippen molar-refractivity contribution in [2.45, 2.75) is 19.3 Å². The van der Waals surface area contributed by atoms with Crippen LogP contribution in [0.4, 0.5) is 11.5 Å². The Labute approximate surface area is 87.5 Å². The van der Waals surface area contributed by atoms with Gasteiger partial charge in [-0.15, -0.1) is 0 Å². The lowest BCUT2D eigenvalue weighted by Crippen LogP contribution is -2.36. The van der Waals surface area contributed by atoms with E-state index in [-0.39, 0.29) is 11.2 Å². The Kier molecular flexibility index (Phi) is 2.86. The van der Waals surface area contributed by atoms with Gasteiger partial charge in [-0.25, -0.2) is 9.99 Å².